The van der Waals surface area contributed by atoms with E-state index in [4.69, 9.17) is 0 Å². The number of hydrogen-bond donors (Lipinski definition) is 2. The molecule has 1 aliphatic heterocycles. The van der Waals surface area contributed by atoms with Gasteiger partial charge in [-0.1, -0.05) is 18.2 Å². The second kappa shape index (κ2) is 7.83. The van der Waals surface area contributed by atoms with Crippen LogP contribution in [-0.2, 0) is 17.4 Å². The number of carbonyl (C=O) groups is 1. The van der Waals surface area contributed by atoms with Crippen LogP contribution in [0.3, 0.4) is 0 Å². The van der Waals surface area contributed by atoms with Crippen LogP contribution >= 0.6 is 23.7 Å². The normalized spacial score (nSPS) is 13.6. The van der Waals surface area contributed by atoms with E-state index in [-0.39, 0.29) is 24.1 Å². The molecule has 0 radical (unpaired) electrons. The van der Waals surface area contributed by atoms with Gasteiger partial charge in [-0.2, -0.15) is 13.2 Å². The number of amides is 1. The Morgan fingerprint density at radius 3 is 2.84 bits per heavy atom. The molecule has 0 aliphatic carbocycles. The van der Waals surface area contributed by atoms with E-state index in [1.54, 1.807) is 12.3 Å². The van der Waals surface area contributed by atoms with E-state index in [1.807, 2.05) is 0 Å². The van der Waals surface area contributed by atoms with Crippen LogP contribution in [0, 0.1) is 0 Å². The maximum atomic E-state index is 12.7. The number of aromatic nitrogens is 1. The van der Waals surface area contributed by atoms with E-state index in [0.717, 1.165) is 17.0 Å². The number of alkyl halides is 3. The fraction of sp³-hybridized carbons (Fsp3) is 0.267. The largest absolute Gasteiger partial charge is 0.416 e. The van der Waals surface area contributed by atoms with Crippen molar-refractivity contribution in [3.05, 3.63) is 46.5 Å². The van der Waals surface area contributed by atoms with Gasteiger partial charge in [0.2, 0.25) is 0 Å². The average molecular weight is 391 g/mol. The van der Waals surface area contributed by atoms with Crippen molar-refractivity contribution in [1.29, 1.82) is 0 Å². The minimum atomic E-state index is -4.36. The molecule has 2 heterocycles. The summed E-state index contributed by atoms with van der Waals surface area (Å²) in [4.78, 5) is 20.7. The van der Waals surface area contributed by atoms with Crippen molar-refractivity contribution in [2.45, 2.75) is 12.6 Å². The highest BCUT2D eigenvalue weighted by Crippen LogP contribution is 2.30. The van der Waals surface area contributed by atoms with Crippen LogP contribution in [0.1, 0.15) is 16.0 Å². The molecule has 0 saturated carbocycles. The van der Waals surface area contributed by atoms with Crippen LogP contribution in [0.25, 0.3) is 0 Å². The molecule has 1 aliphatic rings. The molecule has 25 heavy (non-hydrogen) atoms. The van der Waals surface area contributed by atoms with Crippen LogP contribution in [0.15, 0.2) is 35.5 Å². The summed E-state index contributed by atoms with van der Waals surface area (Å²) in [6.07, 6.45) is -2.50. The number of nitrogens with zero attached hydrogens (tertiary/aromatic N) is 2. The van der Waals surface area contributed by atoms with Crippen molar-refractivity contribution in [3.63, 3.8) is 0 Å². The Hall–Kier alpha value is -2.13. The van der Waals surface area contributed by atoms with Crippen molar-refractivity contribution in [2.75, 3.05) is 18.4 Å². The van der Waals surface area contributed by atoms with E-state index in [1.165, 1.54) is 17.4 Å². The maximum absolute atomic E-state index is 12.7. The number of nitrogens with one attached hydrogen (secondary N) is 2. The Morgan fingerprint density at radius 2 is 2.16 bits per heavy atom. The first-order chi connectivity index (χ1) is 11.4. The molecular weight excluding hydrogens is 377 g/mol. The van der Waals surface area contributed by atoms with Gasteiger partial charge in [0.15, 0.2) is 11.0 Å². The van der Waals surface area contributed by atoms with Gasteiger partial charge in [0.1, 0.15) is 0 Å². The highest BCUT2D eigenvalue weighted by molar-refractivity contribution is 7.15. The van der Waals surface area contributed by atoms with Gasteiger partial charge in [0, 0.05) is 24.0 Å². The summed E-state index contributed by atoms with van der Waals surface area (Å²) in [5.74, 6) is -0.0999. The first-order valence-electron chi connectivity index (χ1n) is 7.12. The third kappa shape index (κ3) is 4.93. The quantitative estimate of drug-likeness (QED) is 0.843. The molecule has 0 unspecified atom stereocenters. The number of halogens is 4. The lowest BCUT2D eigenvalue weighted by molar-refractivity contribution is -0.137. The molecule has 1 aromatic heterocycles. The van der Waals surface area contributed by atoms with E-state index < -0.39 is 11.7 Å². The Bertz CT molecular complexity index is 791. The molecule has 10 heteroatoms. The fourth-order valence-corrected chi connectivity index (χ4v) is 3.05. The molecular formula is C15H14ClF3N4OS. The van der Waals surface area contributed by atoms with E-state index in [9.17, 15) is 18.0 Å². The Kier molecular flexibility index (Phi) is 6.02. The summed E-state index contributed by atoms with van der Waals surface area (Å²) in [7, 11) is 0. The third-order valence-corrected chi connectivity index (χ3v) is 4.21. The number of amidine groups is 1. The zero-order valence-electron chi connectivity index (χ0n) is 12.8. The first kappa shape index (κ1) is 19.2. The second-order valence-corrected chi connectivity index (χ2v) is 6.23. The van der Waals surface area contributed by atoms with Crippen LogP contribution in [0.2, 0.25) is 0 Å². The van der Waals surface area contributed by atoms with E-state index in [2.05, 4.69) is 20.6 Å². The molecule has 0 atom stereocenters. The van der Waals surface area contributed by atoms with Gasteiger partial charge in [-0.05, 0) is 11.6 Å². The van der Waals surface area contributed by atoms with Crippen molar-refractivity contribution >= 4 is 40.6 Å². The summed E-state index contributed by atoms with van der Waals surface area (Å²) < 4.78 is 38.2. The number of hydrogen-bond acceptors (Lipinski definition) is 5. The molecule has 2 aromatic rings. The summed E-state index contributed by atoms with van der Waals surface area (Å²) in [5.41, 5.74) is -0.142. The Labute approximate surface area is 151 Å². The Balaban J connectivity index is 0.00000225. The first-order valence-corrected chi connectivity index (χ1v) is 7.94. The molecule has 0 fully saturated rings. The van der Waals surface area contributed by atoms with Gasteiger partial charge in [-0.3, -0.25) is 15.1 Å². The molecule has 134 valence electrons. The van der Waals surface area contributed by atoms with Crippen molar-refractivity contribution in [1.82, 2.24) is 10.3 Å². The van der Waals surface area contributed by atoms with Gasteiger partial charge in [0.05, 0.1) is 12.1 Å². The molecule has 5 nitrogen and oxygen atoms in total. The van der Waals surface area contributed by atoms with Gasteiger partial charge in [-0.25, -0.2) is 4.98 Å². The molecule has 0 spiro atoms. The van der Waals surface area contributed by atoms with E-state index >= 15 is 0 Å². The number of thiazole rings is 1. The maximum Gasteiger partial charge on any atom is 0.416 e. The van der Waals surface area contributed by atoms with Crippen LogP contribution in [0.5, 0.6) is 0 Å². The van der Waals surface area contributed by atoms with Gasteiger partial charge in [0.25, 0.3) is 5.91 Å². The zero-order valence-corrected chi connectivity index (χ0v) is 14.4. The summed E-state index contributed by atoms with van der Waals surface area (Å²) in [6, 6.07) is 5.17. The van der Waals surface area contributed by atoms with Crippen molar-refractivity contribution in [3.8, 4) is 0 Å². The number of anilines is 1. The second-order valence-electron chi connectivity index (χ2n) is 5.12. The van der Waals surface area contributed by atoms with Crippen LogP contribution in [0.4, 0.5) is 18.3 Å². The van der Waals surface area contributed by atoms with Crippen LogP contribution in [-0.4, -0.2) is 29.8 Å². The lowest BCUT2D eigenvalue weighted by Gasteiger charge is -2.07. The standard InChI is InChI=1S/C15H13F3N4OS.ClH/c16-15(17,18)10-3-1-2-9(6-10)7-11-8-21-14(24-11)22-13(23)12-19-4-5-20-12;/h1-3,6,8H,4-5,7H2,(H,19,20)(H,21,22,23);1H. The molecule has 1 aromatic carbocycles. The van der Waals surface area contributed by atoms with Gasteiger partial charge < -0.3 is 5.32 Å². The van der Waals surface area contributed by atoms with Crippen molar-refractivity contribution in [2.24, 2.45) is 4.99 Å². The number of aliphatic imine (C=N–C) groups is 1. The summed E-state index contributed by atoms with van der Waals surface area (Å²) in [6.45, 7) is 1.18. The monoisotopic (exact) mass is 390 g/mol. The van der Waals surface area contributed by atoms with E-state index in [0.29, 0.717) is 30.2 Å². The number of benzene rings is 1. The molecule has 1 amide bonds. The highest BCUT2D eigenvalue weighted by Gasteiger charge is 2.30. The molecule has 2 N–H and O–H groups in total. The lowest BCUT2D eigenvalue weighted by atomic mass is 10.1. The molecule has 3 rings (SSSR count). The lowest BCUT2D eigenvalue weighted by Crippen LogP contribution is -2.32. The SMILES string of the molecule is Cl.O=C(Nc1ncc(Cc2cccc(C(F)(F)F)c2)s1)C1=NCCN1. The molecule has 0 bridgehead atoms. The minimum Gasteiger partial charge on any atom is -0.364 e. The van der Waals surface area contributed by atoms with Gasteiger partial charge in [-0.15, -0.1) is 23.7 Å². The Morgan fingerprint density at radius 1 is 1.36 bits per heavy atom. The topological polar surface area (TPSA) is 66.4 Å². The molecule has 0 saturated heterocycles. The summed E-state index contributed by atoms with van der Waals surface area (Å²) in [5, 5.41) is 5.86. The smallest absolute Gasteiger partial charge is 0.364 e. The third-order valence-electron chi connectivity index (χ3n) is 3.30. The van der Waals surface area contributed by atoms with Crippen LogP contribution < -0.4 is 10.6 Å². The summed E-state index contributed by atoms with van der Waals surface area (Å²) >= 11 is 1.22. The number of rotatable bonds is 4. The predicted molar refractivity (Wildman–Crippen MR) is 92.5 cm³/mol. The zero-order chi connectivity index (χ0) is 17.2. The highest BCUT2D eigenvalue weighted by atomic mass is 35.5. The number of carbonyl (C=O) groups excluding carboxylic acids is 1. The fourth-order valence-electron chi connectivity index (χ4n) is 2.21. The van der Waals surface area contributed by atoms with Gasteiger partial charge >= 0.3 is 6.18 Å². The van der Waals surface area contributed by atoms with Crippen molar-refractivity contribution < 1.29 is 18.0 Å². The minimum absolute atomic E-state index is 0. The predicted octanol–water partition coefficient (Wildman–Crippen LogP) is 3.11. The average Bonchev–Trinajstić information content (AvgIpc) is 3.18.